The predicted molar refractivity (Wildman–Crippen MR) is 112 cm³/mol. The number of aryl methyl sites for hydroxylation is 2. The maximum atomic E-state index is 12.6. The zero-order valence-corrected chi connectivity index (χ0v) is 17.7. The summed E-state index contributed by atoms with van der Waals surface area (Å²) < 4.78 is 11.6. The molecular weight excluding hydrogens is 384 g/mol. The van der Waals surface area contributed by atoms with Gasteiger partial charge >= 0.3 is 5.63 Å². The van der Waals surface area contributed by atoms with E-state index >= 15 is 0 Å². The highest BCUT2D eigenvalue weighted by Gasteiger charge is 2.32. The fourth-order valence-corrected chi connectivity index (χ4v) is 4.56. The Morgan fingerprint density at radius 1 is 1.30 bits per heavy atom. The number of hydrogen-bond acceptors (Lipinski definition) is 5. The fourth-order valence-electron chi connectivity index (χ4n) is 4.56. The normalized spacial score (nSPS) is 20.1. The van der Waals surface area contributed by atoms with Crippen molar-refractivity contribution in [2.24, 2.45) is 5.73 Å². The van der Waals surface area contributed by atoms with E-state index in [1.165, 1.54) is 4.90 Å². The number of hydrogen-bond donors (Lipinski definition) is 1. The summed E-state index contributed by atoms with van der Waals surface area (Å²) in [6.07, 6.45) is 3.59. The molecule has 1 aromatic heterocycles. The largest absolute Gasteiger partial charge is 0.487 e. The van der Waals surface area contributed by atoms with Crippen molar-refractivity contribution in [3.8, 4) is 5.75 Å². The van der Waals surface area contributed by atoms with E-state index in [0.29, 0.717) is 24.1 Å². The van der Waals surface area contributed by atoms with Crippen LogP contribution in [0.15, 0.2) is 21.3 Å². The summed E-state index contributed by atoms with van der Waals surface area (Å²) in [5.41, 5.74) is 7.66. The summed E-state index contributed by atoms with van der Waals surface area (Å²) >= 11 is 0. The number of benzene rings is 1. The van der Waals surface area contributed by atoms with Gasteiger partial charge in [0, 0.05) is 30.0 Å². The highest BCUT2D eigenvalue weighted by molar-refractivity contribution is 5.87. The average molecular weight is 412 g/mol. The van der Waals surface area contributed by atoms with Gasteiger partial charge in [0.25, 0.3) is 0 Å². The van der Waals surface area contributed by atoms with Gasteiger partial charge in [0.15, 0.2) is 0 Å². The van der Waals surface area contributed by atoms with Gasteiger partial charge in [-0.3, -0.25) is 9.59 Å². The molecule has 1 unspecified atom stereocenters. The standard InChI is InChI=1S/C23H28N2O5/c1-13-15(6-7-20(26)25-10-4-5-17(25)21(24)27)22(28)29-19-12-18-14(11-16(13)19)8-9-23(2,3)30-18/h11-12,17H,4-10H2,1-3H3,(H2,24,27). The average Bonchev–Trinajstić information content (AvgIpc) is 3.16. The van der Waals surface area contributed by atoms with Gasteiger partial charge in [0.2, 0.25) is 11.8 Å². The van der Waals surface area contributed by atoms with Crippen molar-refractivity contribution in [1.29, 1.82) is 0 Å². The predicted octanol–water partition coefficient (Wildman–Crippen LogP) is 2.61. The molecule has 2 aliphatic heterocycles. The smallest absolute Gasteiger partial charge is 0.339 e. The van der Waals surface area contributed by atoms with Crippen molar-refractivity contribution in [3.63, 3.8) is 0 Å². The van der Waals surface area contributed by atoms with E-state index in [-0.39, 0.29) is 24.3 Å². The lowest BCUT2D eigenvalue weighted by Gasteiger charge is -2.32. The Bertz CT molecular complexity index is 1090. The molecule has 7 heteroatoms. The molecule has 1 saturated heterocycles. The molecule has 1 aromatic carbocycles. The van der Waals surface area contributed by atoms with E-state index < -0.39 is 17.6 Å². The highest BCUT2D eigenvalue weighted by atomic mass is 16.5. The number of likely N-dealkylation sites (tertiary alicyclic amines) is 1. The van der Waals surface area contributed by atoms with Crippen LogP contribution >= 0.6 is 0 Å². The number of ether oxygens (including phenoxy) is 1. The molecule has 0 saturated carbocycles. The first-order chi connectivity index (χ1) is 14.2. The number of nitrogens with two attached hydrogens (primary N) is 1. The summed E-state index contributed by atoms with van der Waals surface area (Å²) in [6, 6.07) is 3.30. The van der Waals surface area contributed by atoms with E-state index in [9.17, 15) is 14.4 Å². The van der Waals surface area contributed by atoms with E-state index in [1.807, 2.05) is 26.8 Å². The van der Waals surface area contributed by atoms with Crippen molar-refractivity contribution in [2.75, 3.05) is 6.54 Å². The first-order valence-electron chi connectivity index (χ1n) is 10.5. The van der Waals surface area contributed by atoms with Gasteiger partial charge in [0.1, 0.15) is 23.0 Å². The molecule has 2 aromatic rings. The van der Waals surface area contributed by atoms with E-state index in [2.05, 4.69) is 0 Å². The van der Waals surface area contributed by atoms with Crippen LogP contribution in [0, 0.1) is 6.92 Å². The molecular formula is C23H28N2O5. The number of amides is 2. The van der Waals surface area contributed by atoms with Crippen LogP contribution in [0.3, 0.4) is 0 Å². The Hall–Kier alpha value is -2.83. The molecule has 30 heavy (non-hydrogen) atoms. The fraction of sp³-hybridized carbons (Fsp3) is 0.522. The molecule has 160 valence electrons. The van der Waals surface area contributed by atoms with Crippen molar-refractivity contribution in [2.45, 2.75) is 70.9 Å². The van der Waals surface area contributed by atoms with Crippen LogP contribution in [0.25, 0.3) is 11.0 Å². The number of primary amides is 1. The minimum atomic E-state index is -0.539. The van der Waals surface area contributed by atoms with Crippen LogP contribution in [0.2, 0.25) is 0 Å². The van der Waals surface area contributed by atoms with Gasteiger partial charge in [-0.15, -0.1) is 0 Å². The van der Waals surface area contributed by atoms with Crippen LogP contribution in [-0.2, 0) is 22.4 Å². The van der Waals surface area contributed by atoms with Gasteiger partial charge in [0.05, 0.1) is 0 Å². The minimum Gasteiger partial charge on any atom is -0.487 e. The van der Waals surface area contributed by atoms with Gasteiger partial charge in [-0.2, -0.15) is 0 Å². The topological polar surface area (TPSA) is 103 Å². The third-order valence-corrected chi connectivity index (χ3v) is 6.34. The van der Waals surface area contributed by atoms with Gasteiger partial charge in [-0.25, -0.2) is 4.79 Å². The Kier molecular flexibility index (Phi) is 5.08. The lowest BCUT2D eigenvalue weighted by atomic mass is 9.92. The van der Waals surface area contributed by atoms with Crippen molar-refractivity contribution in [3.05, 3.63) is 39.2 Å². The third-order valence-electron chi connectivity index (χ3n) is 6.34. The summed E-state index contributed by atoms with van der Waals surface area (Å²) in [7, 11) is 0. The summed E-state index contributed by atoms with van der Waals surface area (Å²) in [4.78, 5) is 38.4. The molecule has 1 fully saturated rings. The van der Waals surface area contributed by atoms with Crippen LogP contribution in [0.1, 0.15) is 56.2 Å². The van der Waals surface area contributed by atoms with Crippen LogP contribution in [0.5, 0.6) is 5.75 Å². The molecule has 2 N–H and O–H groups in total. The zero-order chi connectivity index (χ0) is 21.6. The Labute approximate surface area is 175 Å². The number of nitrogens with zero attached hydrogens (tertiary/aromatic N) is 1. The van der Waals surface area contributed by atoms with E-state index in [0.717, 1.165) is 41.5 Å². The Morgan fingerprint density at radius 3 is 2.80 bits per heavy atom. The zero-order valence-electron chi connectivity index (χ0n) is 17.7. The quantitative estimate of drug-likeness (QED) is 0.778. The SMILES string of the molecule is Cc1c(CCC(=O)N2CCCC2C(N)=O)c(=O)oc2cc3c(cc12)CCC(C)(C)O3. The number of carbonyl (C=O) groups is 2. The first kappa shape index (κ1) is 20.4. The number of fused-ring (bicyclic) bond motifs is 2. The Balaban J connectivity index is 1.60. The molecule has 0 bridgehead atoms. The maximum Gasteiger partial charge on any atom is 0.339 e. The second-order valence-corrected chi connectivity index (χ2v) is 8.96. The monoisotopic (exact) mass is 412 g/mol. The second kappa shape index (κ2) is 7.45. The number of rotatable bonds is 4. The molecule has 3 heterocycles. The maximum absolute atomic E-state index is 12.6. The molecule has 0 aliphatic carbocycles. The highest BCUT2D eigenvalue weighted by Crippen LogP contribution is 2.36. The summed E-state index contributed by atoms with van der Waals surface area (Å²) in [5.74, 6) is 0.129. The minimum absolute atomic E-state index is 0.142. The van der Waals surface area contributed by atoms with Crippen molar-refractivity contribution < 1.29 is 18.7 Å². The second-order valence-electron chi connectivity index (χ2n) is 8.96. The molecule has 4 rings (SSSR count). The van der Waals surface area contributed by atoms with Crippen molar-refractivity contribution >= 4 is 22.8 Å². The summed E-state index contributed by atoms with van der Waals surface area (Å²) in [5, 5.41) is 0.871. The molecule has 7 nitrogen and oxygen atoms in total. The van der Waals surface area contributed by atoms with Gasteiger partial charge < -0.3 is 19.8 Å². The molecule has 0 spiro atoms. The molecule has 2 aliphatic rings. The van der Waals surface area contributed by atoms with E-state index in [4.69, 9.17) is 14.9 Å². The lowest BCUT2D eigenvalue weighted by Crippen LogP contribution is -2.43. The van der Waals surface area contributed by atoms with Crippen molar-refractivity contribution in [1.82, 2.24) is 4.90 Å². The van der Waals surface area contributed by atoms with Crippen LogP contribution < -0.4 is 16.1 Å². The molecule has 1 atom stereocenters. The first-order valence-corrected chi connectivity index (χ1v) is 10.5. The third kappa shape index (κ3) is 3.68. The van der Waals surface area contributed by atoms with Gasteiger partial charge in [-0.1, -0.05) is 0 Å². The van der Waals surface area contributed by atoms with Crippen LogP contribution in [0.4, 0.5) is 0 Å². The molecule has 0 radical (unpaired) electrons. The Morgan fingerprint density at radius 2 is 2.07 bits per heavy atom. The van der Waals surface area contributed by atoms with Crippen LogP contribution in [-0.4, -0.2) is 34.9 Å². The summed E-state index contributed by atoms with van der Waals surface area (Å²) in [6.45, 7) is 6.51. The lowest BCUT2D eigenvalue weighted by molar-refractivity contribution is -0.137. The molecule has 2 amide bonds. The van der Waals surface area contributed by atoms with Gasteiger partial charge in [-0.05, 0) is 70.1 Å². The number of carbonyl (C=O) groups excluding carboxylic acids is 2. The van der Waals surface area contributed by atoms with E-state index in [1.54, 1.807) is 6.07 Å².